The van der Waals surface area contributed by atoms with E-state index < -0.39 is 16.0 Å². The first-order chi connectivity index (χ1) is 9.57. The molecule has 0 spiro atoms. The summed E-state index contributed by atoms with van der Waals surface area (Å²) in [5.41, 5.74) is 0.650. The Bertz CT molecular complexity index is 621. The smallest absolute Gasteiger partial charge is 0.325 e. The van der Waals surface area contributed by atoms with Gasteiger partial charge in [0.15, 0.2) is 0 Å². The van der Waals surface area contributed by atoms with Crippen LogP contribution in [0, 0.1) is 13.8 Å². The fourth-order valence-electron chi connectivity index (χ4n) is 1.95. The number of aliphatic carboxylic acids is 1. The Labute approximate surface area is 125 Å². The molecule has 0 aliphatic heterocycles. The lowest BCUT2D eigenvalue weighted by Gasteiger charge is -2.19. The zero-order valence-corrected chi connectivity index (χ0v) is 13.8. The van der Waals surface area contributed by atoms with Gasteiger partial charge in [0.05, 0.1) is 11.4 Å². The van der Waals surface area contributed by atoms with Gasteiger partial charge in [0.2, 0.25) is 10.0 Å². The van der Waals surface area contributed by atoms with Crippen LogP contribution in [0.15, 0.2) is 4.90 Å². The second kappa shape index (κ2) is 6.54. The third-order valence-electron chi connectivity index (χ3n) is 3.13. The van der Waals surface area contributed by atoms with Crippen molar-refractivity contribution in [2.75, 3.05) is 34.2 Å². The summed E-state index contributed by atoms with van der Waals surface area (Å²) in [5, 5.41) is 12.8. The second-order valence-corrected chi connectivity index (χ2v) is 7.16. The zero-order chi connectivity index (χ0) is 16.4. The van der Waals surface area contributed by atoms with Crippen LogP contribution >= 0.6 is 0 Å². The molecule has 8 nitrogen and oxygen atoms in total. The standard InChI is InChI=1S/C12H22N4O4S/c1-9-12(10(2)16(13-9)8-11(17)18)21(19,20)15(5)7-6-14(3)4/h6-8H2,1-5H3,(H,17,18). The number of aryl methyl sites for hydroxylation is 1. The Morgan fingerprint density at radius 2 is 1.81 bits per heavy atom. The first-order valence-electron chi connectivity index (χ1n) is 6.44. The maximum absolute atomic E-state index is 12.6. The average Bonchev–Trinajstić information content (AvgIpc) is 2.60. The van der Waals surface area contributed by atoms with Crippen molar-refractivity contribution in [3.8, 4) is 0 Å². The molecule has 1 N–H and O–H groups in total. The third kappa shape index (κ3) is 4.02. The van der Waals surface area contributed by atoms with Crippen molar-refractivity contribution in [1.29, 1.82) is 0 Å². The molecule has 0 aliphatic rings. The van der Waals surface area contributed by atoms with Gasteiger partial charge < -0.3 is 10.0 Å². The topological polar surface area (TPSA) is 95.7 Å². The molecule has 1 aromatic rings. The van der Waals surface area contributed by atoms with E-state index in [4.69, 9.17) is 5.11 Å². The SMILES string of the molecule is Cc1nn(CC(=O)O)c(C)c1S(=O)(=O)N(C)CCN(C)C. The first kappa shape index (κ1) is 17.6. The molecule has 0 radical (unpaired) electrons. The third-order valence-corrected chi connectivity index (χ3v) is 5.24. The summed E-state index contributed by atoms with van der Waals surface area (Å²) in [4.78, 5) is 12.8. The number of sulfonamides is 1. The average molecular weight is 318 g/mol. The van der Waals surface area contributed by atoms with Gasteiger partial charge in [0.25, 0.3) is 0 Å². The highest BCUT2D eigenvalue weighted by molar-refractivity contribution is 7.89. The molecule has 1 heterocycles. The fourth-order valence-corrected chi connectivity index (χ4v) is 3.48. The number of carbonyl (C=O) groups is 1. The molecule has 1 aromatic heterocycles. The van der Waals surface area contributed by atoms with E-state index in [0.29, 0.717) is 24.5 Å². The molecule has 0 saturated carbocycles. The number of nitrogens with zero attached hydrogens (tertiary/aromatic N) is 4. The predicted molar refractivity (Wildman–Crippen MR) is 77.7 cm³/mol. The largest absolute Gasteiger partial charge is 0.480 e. The zero-order valence-electron chi connectivity index (χ0n) is 13.0. The molecule has 120 valence electrons. The quantitative estimate of drug-likeness (QED) is 0.746. The summed E-state index contributed by atoms with van der Waals surface area (Å²) in [5.74, 6) is -1.06. The molecule has 0 fully saturated rings. The monoisotopic (exact) mass is 318 g/mol. The minimum Gasteiger partial charge on any atom is -0.480 e. The van der Waals surface area contributed by atoms with Crippen LogP contribution in [-0.2, 0) is 21.4 Å². The van der Waals surface area contributed by atoms with Crippen LogP contribution in [0.1, 0.15) is 11.4 Å². The predicted octanol–water partition coefficient (Wildman–Crippen LogP) is -0.233. The molecule has 0 aromatic carbocycles. The number of hydrogen-bond donors (Lipinski definition) is 1. The number of hydrogen-bond acceptors (Lipinski definition) is 5. The van der Waals surface area contributed by atoms with Crippen molar-refractivity contribution in [3.63, 3.8) is 0 Å². The van der Waals surface area contributed by atoms with Gasteiger partial charge in [-0.3, -0.25) is 9.48 Å². The summed E-state index contributed by atoms with van der Waals surface area (Å²) in [6, 6.07) is 0. The van der Waals surface area contributed by atoms with Gasteiger partial charge in [0.1, 0.15) is 11.4 Å². The highest BCUT2D eigenvalue weighted by atomic mass is 32.2. The highest BCUT2D eigenvalue weighted by Gasteiger charge is 2.28. The maximum Gasteiger partial charge on any atom is 0.325 e. The van der Waals surface area contributed by atoms with Gasteiger partial charge in [-0.1, -0.05) is 0 Å². The molecular formula is C12H22N4O4S. The fraction of sp³-hybridized carbons (Fsp3) is 0.667. The number of carboxylic acids is 1. The van der Waals surface area contributed by atoms with Crippen molar-refractivity contribution >= 4 is 16.0 Å². The van der Waals surface area contributed by atoms with E-state index >= 15 is 0 Å². The summed E-state index contributed by atoms with van der Waals surface area (Å²) in [6.45, 7) is 3.71. The number of likely N-dealkylation sites (N-methyl/N-ethyl adjacent to an activating group) is 2. The molecule has 0 aliphatic carbocycles. The van der Waals surface area contributed by atoms with Crippen LogP contribution in [0.25, 0.3) is 0 Å². The van der Waals surface area contributed by atoms with Crippen LogP contribution in [0.5, 0.6) is 0 Å². The molecule has 0 bridgehead atoms. The van der Waals surface area contributed by atoms with Gasteiger partial charge in [-0.2, -0.15) is 9.40 Å². The van der Waals surface area contributed by atoms with Crippen LogP contribution < -0.4 is 0 Å². The second-order valence-electron chi connectivity index (χ2n) is 5.18. The van der Waals surface area contributed by atoms with Gasteiger partial charge in [-0.05, 0) is 27.9 Å². The van der Waals surface area contributed by atoms with Crippen molar-refractivity contribution in [2.45, 2.75) is 25.3 Å². The van der Waals surface area contributed by atoms with E-state index in [0.717, 1.165) is 0 Å². The number of carboxylic acid groups (broad SMARTS) is 1. The van der Waals surface area contributed by atoms with E-state index in [9.17, 15) is 13.2 Å². The van der Waals surface area contributed by atoms with Crippen LogP contribution in [0.2, 0.25) is 0 Å². The van der Waals surface area contributed by atoms with Gasteiger partial charge in [-0.15, -0.1) is 0 Å². The molecule has 9 heteroatoms. The number of rotatable bonds is 7. The van der Waals surface area contributed by atoms with E-state index in [1.807, 2.05) is 19.0 Å². The van der Waals surface area contributed by atoms with Gasteiger partial charge >= 0.3 is 5.97 Å². The Kier molecular flexibility index (Phi) is 5.48. The van der Waals surface area contributed by atoms with Gasteiger partial charge in [0, 0.05) is 20.1 Å². The summed E-state index contributed by atoms with van der Waals surface area (Å²) >= 11 is 0. The molecule has 0 unspecified atom stereocenters. The lowest BCUT2D eigenvalue weighted by atomic mass is 10.4. The van der Waals surface area contributed by atoms with E-state index in [1.165, 1.54) is 16.0 Å². The summed E-state index contributed by atoms with van der Waals surface area (Å²) in [7, 11) is 1.55. The lowest BCUT2D eigenvalue weighted by Crippen LogP contribution is -2.34. The maximum atomic E-state index is 12.6. The summed E-state index contributed by atoms with van der Waals surface area (Å²) in [6.07, 6.45) is 0. The van der Waals surface area contributed by atoms with Crippen molar-refractivity contribution in [2.24, 2.45) is 0 Å². The van der Waals surface area contributed by atoms with Gasteiger partial charge in [-0.25, -0.2) is 8.42 Å². The highest BCUT2D eigenvalue weighted by Crippen LogP contribution is 2.22. The van der Waals surface area contributed by atoms with Crippen LogP contribution in [-0.4, -0.2) is 72.7 Å². The number of aromatic nitrogens is 2. The molecule has 0 amide bonds. The Morgan fingerprint density at radius 1 is 1.24 bits per heavy atom. The van der Waals surface area contributed by atoms with E-state index in [-0.39, 0.29) is 11.4 Å². The minimum absolute atomic E-state index is 0.0880. The normalized spacial score (nSPS) is 12.3. The Balaban J connectivity index is 3.14. The summed E-state index contributed by atoms with van der Waals surface area (Å²) < 4.78 is 27.6. The van der Waals surface area contributed by atoms with E-state index in [1.54, 1.807) is 13.8 Å². The molecule has 0 atom stereocenters. The minimum atomic E-state index is -3.68. The van der Waals surface area contributed by atoms with Crippen LogP contribution in [0.4, 0.5) is 0 Å². The van der Waals surface area contributed by atoms with Crippen molar-refractivity contribution < 1.29 is 18.3 Å². The van der Waals surface area contributed by atoms with E-state index in [2.05, 4.69) is 5.10 Å². The lowest BCUT2D eigenvalue weighted by molar-refractivity contribution is -0.137. The first-order valence-corrected chi connectivity index (χ1v) is 7.88. The van der Waals surface area contributed by atoms with Crippen molar-refractivity contribution in [3.05, 3.63) is 11.4 Å². The van der Waals surface area contributed by atoms with Crippen LogP contribution in [0.3, 0.4) is 0 Å². The molecular weight excluding hydrogens is 296 g/mol. The molecule has 0 saturated heterocycles. The molecule has 21 heavy (non-hydrogen) atoms. The Hall–Kier alpha value is -1.45. The molecule has 1 rings (SSSR count). The Morgan fingerprint density at radius 3 is 2.29 bits per heavy atom. The van der Waals surface area contributed by atoms with Crippen molar-refractivity contribution in [1.82, 2.24) is 19.0 Å².